The number of nitrogens with zero attached hydrogens (tertiary/aromatic N) is 1. The van der Waals surface area contributed by atoms with E-state index in [0.29, 0.717) is 0 Å². The molecule has 0 aliphatic carbocycles. The third-order valence-corrected chi connectivity index (χ3v) is 3.58. The minimum Gasteiger partial charge on any atom is -0.310 e. The molecule has 0 radical (unpaired) electrons. The predicted octanol–water partition coefficient (Wildman–Crippen LogP) is 3.16. The third kappa shape index (κ3) is 3.92. The minimum absolute atomic E-state index is 0.940. The van der Waals surface area contributed by atoms with Crippen molar-refractivity contribution < 1.29 is 0 Å². The Kier molecular flexibility index (Phi) is 5.88. The van der Waals surface area contributed by atoms with Gasteiger partial charge in [0.2, 0.25) is 0 Å². The molecule has 0 bridgehead atoms. The van der Waals surface area contributed by atoms with Gasteiger partial charge in [-0.25, -0.2) is 4.98 Å². The van der Waals surface area contributed by atoms with E-state index in [2.05, 4.69) is 26.1 Å². The first-order valence-electron chi connectivity index (χ1n) is 5.99. The van der Waals surface area contributed by atoms with E-state index in [0.717, 1.165) is 25.9 Å². The number of hydrogen-bond acceptors (Lipinski definition) is 3. The highest BCUT2D eigenvalue weighted by atomic mass is 32.1. The molecule has 3 heteroatoms. The Morgan fingerprint density at radius 1 is 1.20 bits per heavy atom. The van der Waals surface area contributed by atoms with Crippen LogP contribution in [0.1, 0.15) is 49.2 Å². The zero-order valence-electron chi connectivity index (χ0n) is 10.1. The Morgan fingerprint density at radius 2 is 2.00 bits per heavy atom. The van der Waals surface area contributed by atoms with Gasteiger partial charge in [-0.15, -0.1) is 11.3 Å². The van der Waals surface area contributed by atoms with Gasteiger partial charge in [0.15, 0.2) is 0 Å². The Labute approximate surface area is 97.1 Å². The fourth-order valence-electron chi connectivity index (χ4n) is 1.59. The summed E-state index contributed by atoms with van der Waals surface area (Å²) >= 11 is 1.88. The van der Waals surface area contributed by atoms with Crippen molar-refractivity contribution in [2.45, 2.75) is 53.0 Å². The van der Waals surface area contributed by atoms with Gasteiger partial charge in [-0.05, 0) is 25.8 Å². The SMILES string of the molecule is CCCNCc1nc(CCC)c(CC)s1. The summed E-state index contributed by atoms with van der Waals surface area (Å²) in [6.45, 7) is 8.65. The first-order chi connectivity index (χ1) is 7.31. The van der Waals surface area contributed by atoms with Crippen LogP contribution in [0.2, 0.25) is 0 Å². The molecule has 0 unspecified atom stereocenters. The number of nitrogens with one attached hydrogen (secondary N) is 1. The monoisotopic (exact) mass is 226 g/mol. The molecule has 2 nitrogen and oxygen atoms in total. The lowest BCUT2D eigenvalue weighted by Gasteiger charge is -1.97. The summed E-state index contributed by atoms with van der Waals surface area (Å²) in [5, 5.41) is 4.66. The molecule has 1 aromatic rings. The molecule has 0 saturated carbocycles. The van der Waals surface area contributed by atoms with Crippen LogP contribution in [0.3, 0.4) is 0 Å². The minimum atomic E-state index is 0.940. The topological polar surface area (TPSA) is 24.9 Å². The summed E-state index contributed by atoms with van der Waals surface area (Å²) < 4.78 is 0. The molecule has 86 valence electrons. The van der Waals surface area contributed by atoms with Gasteiger partial charge in [-0.1, -0.05) is 27.2 Å². The molecule has 0 fully saturated rings. The number of thiazole rings is 1. The Bertz CT molecular complexity index is 281. The molecule has 1 rings (SSSR count). The van der Waals surface area contributed by atoms with Crippen molar-refractivity contribution in [3.8, 4) is 0 Å². The first-order valence-corrected chi connectivity index (χ1v) is 6.81. The van der Waals surface area contributed by atoms with Crippen LogP contribution in [0.4, 0.5) is 0 Å². The largest absolute Gasteiger partial charge is 0.310 e. The summed E-state index contributed by atoms with van der Waals surface area (Å²) in [4.78, 5) is 6.18. The Balaban J connectivity index is 2.57. The van der Waals surface area contributed by atoms with Crippen molar-refractivity contribution >= 4 is 11.3 Å². The van der Waals surface area contributed by atoms with Gasteiger partial charge < -0.3 is 5.32 Å². The first kappa shape index (κ1) is 12.7. The molecule has 1 heterocycles. The maximum Gasteiger partial charge on any atom is 0.107 e. The zero-order chi connectivity index (χ0) is 11.1. The summed E-state index contributed by atoms with van der Waals surface area (Å²) in [5.41, 5.74) is 1.33. The Hall–Kier alpha value is -0.410. The summed E-state index contributed by atoms with van der Waals surface area (Å²) in [6, 6.07) is 0. The summed E-state index contributed by atoms with van der Waals surface area (Å²) in [6.07, 6.45) is 4.64. The fourth-order valence-corrected chi connectivity index (χ4v) is 2.62. The van der Waals surface area contributed by atoms with Crippen LogP contribution in [0, 0.1) is 0 Å². The highest BCUT2D eigenvalue weighted by Crippen LogP contribution is 2.20. The normalized spacial score (nSPS) is 10.9. The maximum absolute atomic E-state index is 4.70. The molecule has 0 atom stereocenters. The second kappa shape index (κ2) is 6.96. The quantitative estimate of drug-likeness (QED) is 0.722. The van der Waals surface area contributed by atoms with Crippen LogP contribution in [0.25, 0.3) is 0 Å². The van der Waals surface area contributed by atoms with Crippen LogP contribution in [-0.2, 0) is 19.4 Å². The van der Waals surface area contributed by atoms with Crippen LogP contribution >= 0.6 is 11.3 Å². The van der Waals surface area contributed by atoms with E-state index in [4.69, 9.17) is 4.98 Å². The van der Waals surface area contributed by atoms with Crippen LogP contribution < -0.4 is 5.32 Å². The van der Waals surface area contributed by atoms with Gasteiger partial charge in [0.05, 0.1) is 5.69 Å². The second-order valence-electron chi connectivity index (χ2n) is 3.76. The third-order valence-electron chi connectivity index (χ3n) is 2.33. The molecule has 0 spiro atoms. The lowest BCUT2D eigenvalue weighted by Crippen LogP contribution is -2.13. The molecule has 0 aliphatic heterocycles. The summed E-state index contributed by atoms with van der Waals surface area (Å²) in [5.74, 6) is 0. The molecule has 0 aliphatic rings. The van der Waals surface area contributed by atoms with Gasteiger partial charge in [0.1, 0.15) is 5.01 Å². The highest BCUT2D eigenvalue weighted by Gasteiger charge is 2.08. The van der Waals surface area contributed by atoms with E-state index in [1.54, 1.807) is 0 Å². The van der Waals surface area contributed by atoms with Gasteiger partial charge in [-0.2, -0.15) is 0 Å². The zero-order valence-corrected chi connectivity index (χ0v) is 10.9. The molecule has 0 amide bonds. The molecular weight excluding hydrogens is 204 g/mol. The smallest absolute Gasteiger partial charge is 0.107 e. The maximum atomic E-state index is 4.70. The van der Waals surface area contributed by atoms with Crippen molar-refractivity contribution in [2.24, 2.45) is 0 Å². The number of aromatic nitrogens is 1. The molecule has 1 N–H and O–H groups in total. The molecular formula is C12H22N2S. The van der Waals surface area contributed by atoms with Gasteiger partial charge >= 0.3 is 0 Å². The van der Waals surface area contributed by atoms with Gasteiger partial charge in [-0.3, -0.25) is 0 Å². The van der Waals surface area contributed by atoms with Crippen molar-refractivity contribution in [2.75, 3.05) is 6.54 Å². The fraction of sp³-hybridized carbons (Fsp3) is 0.750. The average molecular weight is 226 g/mol. The van der Waals surface area contributed by atoms with E-state index in [1.807, 2.05) is 11.3 Å². The molecule has 0 aromatic carbocycles. The van der Waals surface area contributed by atoms with Crippen LogP contribution in [-0.4, -0.2) is 11.5 Å². The molecule has 0 saturated heterocycles. The number of rotatable bonds is 7. The van der Waals surface area contributed by atoms with E-state index >= 15 is 0 Å². The van der Waals surface area contributed by atoms with Gasteiger partial charge in [0.25, 0.3) is 0 Å². The van der Waals surface area contributed by atoms with Crippen molar-refractivity contribution in [1.82, 2.24) is 10.3 Å². The average Bonchev–Trinajstić information content (AvgIpc) is 2.62. The van der Waals surface area contributed by atoms with Gasteiger partial charge in [0, 0.05) is 11.4 Å². The number of hydrogen-bond donors (Lipinski definition) is 1. The van der Waals surface area contributed by atoms with E-state index in [9.17, 15) is 0 Å². The van der Waals surface area contributed by atoms with Crippen molar-refractivity contribution in [3.63, 3.8) is 0 Å². The summed E-state index contributed by atoms with van der Waals surface area (Å²) in [7, 11) is 0. The van der Waals surface area contributed by atoms with E-state index < -0.39 is 0 Å². The molecule has 1 aromatic heterocycles. The second-order valence-corrected chi connectivity index (χ2v) is 4.93. The molecule has 15 heavy (non-hydrogen) atoms. The van der Waals surface area contributed by atoms with Crippen molar-refractivity contribution in [1.29, 1.82) is 0 Å². The lowest BCUT2D eigenvalue weighted by molar-refractivity contribution is 0.670. The lowest BCUT2D eigenvalue weighted by atomic mass is 10.2. The van der Waals surface area contributed by atoms with E-state index in [-0.39, 0.29) is 0 Å². The highest BCUT2D eigenvalue weighted by molar-refractivity contribution is 7.11. The van der Waals surface area contributed by atoms with Crippen LogP contribution in [0.5, 0.6) is 0 Å². The van der Waals surface area contributed by atoms with Crippen molar-refractivity contribution in [3.05, 3.63) is 15.6 Å². The standard InChI is InChI=1S/C12H22N2S/c1-4-7-10-11(6-3)15-12(14-10)9-13-8-5-2/h13H,4-9H2,1-3H3. The Morgan fingerprint density at radius 3 is 2.60 bits per heavy atom. The van der Waals surface area contributed by atoms with E-state index in [1.165, 1.54) is 28.4 Å². The predicted molar refractivity (Wildman–Crippen MR) is 67.5 cm³/mol. The number of aryl methyl sites for hydroxylation is 2. The van der Waals surface area contributed by atoms with Crippen LogP contribution in [0.15, 0.2) is 0 Å².